The van der Waals surface area contributed by atoms with Crippen LogP contribution in [0.5, 0.6) is 11.8 Å². The number of halogens is 3. The van der Waals surface area contributed by atoms with Crippen molar-refractivity contribution in [2.24, 2.45) is 0 Å². The molecule has 27 heavy (non-hydrogen) atoms. The Morgan fingerprint density at radius 1 is 1.22 bits per heavy atom. The summed E-state index contributed by atoms with van der Waals surface area (Å²) in [7, 11) is 2.54. The quantitative estimate of drug-likeness (QED) is 0.695. The number of carbonyl (C=O) groups excluding carboxylic acids is 1. The number of alkyl halides is 3. The molecular formula is C14H10F3N5O4S. The molecule has 0 aliphatic carbocycles. The number of hydrogen-bond donors (Lipinski definition) is 1. The van der Waals surface area contributed by atoms with Gasteiger partial charge in [0.05, 0.1) is 19.1 Å². The molecule has 0 radical (unpaired) electrons. The van der Waals surface area contributed by atoms with Crippen LogP contribution in [-0.4, -0.2) is 40.2 Å². The highest BCUT2D eigenvalue weighted by atomic mass is 32.1. The average Bonchev–Trinajstić information content (AvgIpc) is 3.29. The van der Waals surface area contributed by atoms with Crippen LogP contribution in [0.1, 0.15) is 16.1 Å². The van der Waals surface area contributed by atoms with Crippen LogP contribution in [0.15, 0.2) is 23.2 Å². The molecule has 0 fully saturated rings. The number of thiazole rings is 1. The van der Waals surface area contributed by atoms with Crippen molar-refractivity contribution in [2.45, 2.75) is 6.18 Å². The first-order chi connectivity index (χ1) is 12.8. The van der Waals surface area contributed by atoms with Gasteiger partial charge in [-0.25, -0.2) is 15.0 Å². The van der Waals surface area contributed by atoms with Crippen LogP contribution in [0.25, 0.3) is 10.6 Å². The Morgan fingerprint density at radius 2 is 1.89 bits per heavy atom. The highest BCUT2D eigenvalue weighted by molar-refractivity contribution is 7.19. The summed E-state index contributed by atoms with van der Waals surface area (Å²) in [5, 5.41) is 5.45. The molecule has 0 unspecified atom stereocenters. The molecule has 1 amide bonds. The molecule has 3 rings (SSSR count). The molecule has 142 valence electrons. The standard InChI is InChI=1S/C14H10F3N5O4S/c1-24-11-7(12(25-2)19-5-18-11)10(23)21-13-20-9(14(15,16)17)8(27-13)6-3-4-26-22-6/h3-5H,1-2H3,(H,20,21,23). The predicted octanol–water partition coefficient (Wildman–Crippen LogP) is 2.88. The van der Waals surface area contributed by atoms with Crippen molar-refractivity contribution < 1.29 is 32.0 Å². The topological polar surface area (TPSA) is 112 Å². The summed E-state index contributed by atoms with van der Waals surface area (Å²) in [6.45, 7) is 0. The molecule has 0 saturated heterocycles. The van der Waals surface area contributed by atoms with Crippen molar-refractivity contribution in [3.63, 3.8) is 0 Å². The number of methoxy groups -OCH3 is 2. The molecule has 9 nitrogen and oxygen atoms in total. The second kappa shape index (κ2) is 7.19. The summed E-state index contributed by atoms with van der Waals surface area (Å²) in [6.07, 6.45) is -2.51. The maximum Gasteiger partial charge on any atom is 0.434 e. The lowest BCUT2D eigenvalue weighted by Gasteiger charge is -2.09. The van der Waals surface area contributed by atoms with E-state index in [0.717, 1.165) is 12.6 Å². The van der Waals surface area contributed by atoms with E-state index >= 15 is 0 Å². The Balaban J connectivity index is 1.99. The van der Waals surface area contributed by atoms with Crippen molar-refractivity contribution >= 4 is 22.4 Å². The van der Waals surface area contributed by atoms with E-state index < -0.39 is 17.8 Å². The third-order valence-electron chi connectivity index (χ3n) is 3.18. The van der Waals surface area contributed by atoms with E-state index in [4.69, 9.17) is 9.47 Å². The third kappa shape index (κ3) is 3.67. The fourth-order valence-electron chi connectivity index (χ4n) is 2.09. The van der Waals surface area contributed by atoms with Crippen molar-refractivity contribution in [2.75, 3.05) is 19.5 Å². The molecule has 0 bridgehead atoms. The monoisotopic (exact) mass is 401 g/mol. The molecule has 0 atom stereocenters. The van der Waals surface area contributed by atoms with E-state index in [1.165, 1.54) is 20.3 Å². The zero-order chi connectivity index (χ0) is 19.6. The summed E-state index contributed by atoms with van der Waals surface area (Å²) >= 11 is 0.586. The molecule has 1 N–H and O–H groups in total. The largest absolute Gasteiger partial charge is 0.480 e. The molecule has 0 saturated carbocycles. The van der Waals surface area contributed by atoms with Crippen molar-refractivity contribution in [3.05, 3.63) is 29.9 Å². The number of nitrogens with one attached hydrogen (secondary N) is 1. The fraction of sp³-hybridized carbons (Fsp3) is 0.214. The van der Waals surface area contributed by atoms with Gasteiger partial charge in [0.1, 0.15) is 18.3 Å². The number of carbonyl (C=O) groups is 1. The van der Waals surface area contributed by atoms with Gasteiger partial charge in [-0.2, -0.15) is 13.2 Å². The molecule has 0 aliphatic heterocycles. The number of rotatable bonds is 5. The maximum atomic E-state index is 13.3. The maximum absolute atomic E-state index is 13.3. The molecule has 3 aromatic rings. The third-order valence-corrected chi connectivity index (χ3v) is 4.17. The number of amides is 1. The number of hydrogen-bond acceptors (Lipinski definition) is 9. The van der Waals surface area contributed by atoms with E-state index in [1.54, 1.807) is 0 Å². The molecule has 3 heterocycles. The lowest BCUT2D eigenvalue weighted by molar-refractivity contribution is -0.140. The molecule has 13 heteroatoms. The van der Waals surface area contributed by atoms with Crippen LogP contribution < -0.4 is 14.8 Å². The van der Waals surface area contributed by atoms with E-state index in [0.29, 0.717) is 11.3 Å². The van der Waals surface area contributed by atoms with Crippen LogP contribution in [0.3, 0.4) is 0 Å². The predicted molar refractivity (Wildman–Crippen MR) is 85.7 cm³/mol. The van der Waals surface area contributed by atoms with Gasteiger partial charge in [-0.05, 0) is 0 Å². The van der Waals surface area contributed by atoms with Gasteiger partial charge in [-0.15, -0.1) is 0 Å². The van der Waals surface area contributed by atoms with Crippen LogP contribution in [0.2, 0.25) is 0 Å². The van der Waals surface area contributed by atoms with E-state index in [-0.39, 0.29) is 33.0 Å². The molecule has 0 spiro atoms. The minimum absolute atomic E-state index is 0.0569. The normalized spacial score (nSPS) is 11.3. The van der Waals surface area contributed by atoms with Crippen LogP contribution in [0, 0.1) is 0 Å². The number of ether oxygens (including phenoxy) is 2. The summed E-state index contributed by atoms with van der Waals surface area (Å²) in [5.41, 5.74) is -1.44. The summed E-state index contributed by atoms with van der Waals surface area (Å²) in [4.78, 5) is 23.3. The lowest BCUT2D eigenvalue weighted by atomic mass is 10.3. The first-order valence-corrected chi connectivity index (χ1v) is 7.90. The van der Waals surface area contributed by atoms with Crippen LogP contribution in [-0.2, 0) is 6.18 Å². The summed E-state index contributed by atoms with van der Waals surface area (Å²) in [5.74, 6) is -1.06. The number of nitrogens with zero attached hydrogens (tertiary/aromatic N) is 4. The van der Waals surface area contributed by atoms with Gasteiger partial charge in [0.2, 0.25) is 11.8 Å². The lowest BCUT2D eigenvalue weighted by Crippen LogP contribution is -2.16. The molecule has 0 aliphatic rings. The zero-order valence-electron chi connectivity index (χ0n) is 13.7. The van der Waals surface area contributed by atoms with Crippen molar-refractivity contribution in [3.8, 4) is 22.3 Å². The minimum atomic E-state index is -4.75. The van der Waals surface area contributed by atoms with Crippen LogP contribution in [0.4, 0.5) is 18.3 Å². The van der Waals surface area contributed by atoms with Gasteiger partial charge < -0.3 is 14.0 Å². The van der Waals surface area contributed by atoms with E-state index in [1.807, 2.05) is 0 Å². The van der Waals surface area contributed by atoms with Gasteiger partial charge in [-0.3, -0.25) is 10.1 Å². The Kier molecular flexibility index (Phi) is 4.94. The minimum Gasteiger partial charge on any atom is -0.480 e. The Hall–Kier alpha value is -3.22. The SMILES string of the molecule is COc1ncnc(OC)c1C(=O)Nc1nc(C(F)(F)F)c(-c2ccon2)s1. The van der Waals surface area contributed by atoms with Gasteiger partial charge in [0.15, 0.2) is 16.4 Å². The number of anilines is 1. The summed E-state index contributed by atoms with van der Waals surface area (Å²) < 4.78 is 54.3. The Morgan fingerprint density at radius 3 is 2.41 bits per heavy atom. The zero-order valence-corrected chi connectivity index (χ0v) is 14.5. The molecule has 3 aromatic heterocycles. The van der Waals surface area contributed by atoms with Crippen molar-refractivity contribution in [1.29, 1.82) is 0 Å². The first kappa shape index (κ1) is 18.6. The fourth-order valence-corrected chi connectivity index (χ4v) is 3.03. The van der Waals surface area contributed by atoms with Crippen LogP contribution >= 0.6 is 11.3 Å². The smallest absolute Gasteiger partial charge is 0.434 e. The highest BCUT2D eigenvalue weighted by Crippen LogP contribution is 2.41. The number of aromatic nitrogens is 4. The Bertz CT molecular complexity index is 936. The summed E-state index contributed by atoms with van der Waals surface area (Å²) in [6, 6.07) is 1.26. The second-order valence-corrected chi connectivity index (χ2v) is 5.80. The van der Waals surface area contributed by atoms with E-state index in [9.17, 15) is 18.0 Å². The molecular weight excluding hydrogens is 391 g/mol. The van der Waals surface area contributed by atoms with Gasteiger partial charge in [0.25, 0.3) is 5.91 Å². The van der Waals surface area contributed by atoms with Crippen molar-refractivity contribution in [1.82, 2.24) is 20.1 Å². The average molecular weight is 401 g/mol. The van der Waals surface area contributed by atoms with Gasteiger partial charge in [-0.1, -0.05) is 16.5 Å². The highest BCUT2D eigenvalue weighted by Gasteiger charge is 2.39. The van der Waals surface area contributed by atoms with E-state index in [2.05, 4.69) is 29.9 Å². The second-order valence-electron chi connectivity index (χ2n) is 4.80. The van der Waals surface area contributed by atoms with Gasteiger partial charge >= 0.3 is 6.18 Å². The van der Waals surface area contributed by atoms with Gasteiger partial charge in [0, 0.05) is 6.07 Å². The first-order valence-electron chi connectivity index (χ1n) is 7.08. The molecule has 0 aromatic carbocycles. The Labute approximate surface area is 153 Å².